The van der Waals surface area contributed by atoms with Gasteiger partial charge in [0, 0.05) is 22.5 Å². The maximum atomic E-state index is 3.76. The Morgan fingerprint density at radius 3 is 1.28 bits per heavy atom. The van der Waals surface area contributed by atoms with E-state index in [-0.39, 0.29) is 12.1 Å². The molecule has 0 fully saturated rings. The van der Waals surface area contributed by atoms with Crippen LogP contribution in [0.3, 0.4) is 0 Å². The summed E-state index contributed by atoms with van der Waals surface area (Å²) < 4.78 is 0. The lowest BCUT2D eigenvalue weighted by Crippen LogP contribution is -2.14. The van der Waals surface area contributed by atoms with Crippen molar-refractivity contribution in [3.63, 3.8) is 0 Å². The van der Waals surface area contributed by atoms with Gasteiger partial charge in [-0.2, -0.15) is 0 Å². The average molecular weight is 413 g/mol. The first-order chi connectivity index (χ1) is 15.9. The lowest BCUT2D eigenvalue weighted by molar-refractivity contribution is 1.13. The van der Waals surface area contributed by atoms with Crippen molar-refractivity contribution in [2.45, 2.75) is 12.1 Å². The molecular formula is C30H24N2. The Hall–Kier alpha value is -4.04. The number of hydrogen-bond donors (Lipinski definition) is 2. The maximum Gasteiger partial charge on any atom is 0.0634 e. The molecule has 4 aromatic rings. The van der Waals surface area contributed by atoms with Crippen molar-refractivity contribution >= 4 is 32.9 Å². The van der Waals surface area contributed by atoms with Gasteiger partial charge < -0.3 is 10.6 Å². The minimum atomic E-state index is 0.196. The average Bonchev–Trinajstić information content (AvgIpc) is 3.54. The van der Waals surface area contributed by atoms with E-state index < -0.39 is 0 Å². The van der Waals surface area contributed by atoms with Crippen LogP contribution in [-0.2, 0) is 0 Å². The predicted octanol–water partition coefficient (Wildman–Crippen LogP) is 7.47. The number of hydrogen-bond acceptors (Lipinski definition) is 2. The zero-order valence-corrected chi connectivity index (χ0v) is 17.7. The molecule has 0 spiro atoms. The van der Waals surface area contributed by atoms with Crippen molar-refractivity contribution in [3.05, 3.63) is 121 Å². The molecule has 0 heterocycles. The van der Waals surface area contributed by atoms with Crippen LogP contribution >= 0.6 is 0 Å². The van der Waals surface area contributed by atoms with Crippen molar-refractivity contribution in [1.82, 2.24) is 0 Å². The lowest BCUT2D eigenvalue weighted by atomic mass is 9.90. The van der Waals surface area contributed by atoms with E-state index in [2.05, 4.69) is 132 Å². The highest BCUT2D eigenvalue weighted by Crippen LogP contribution is 2.44. The van der Waals surface area contributed by atoms with Gasteiger partial charge in [-0.15, -0.1) is 0 Å². The lowest BCUT2D eigenvalue weighted by Gasteiger charge is -2.23. The molecule has 0 amide bonds. The van der Waals surface area contributed by atoms with Crippen LogP contribution in [0.4, 0.5) is 11.4 Å². The van der Waals surface area contributed by atoms with Gasteiger partial charge in [0.15, 0.2) is 0 Å². The van der Waals surface area contributed by atoms with Crippen molar-refractivity contribution in [3.8, 4) is 11.1 Å². The van der Waals surface area contributed by atoms with Crippen LogP contribution in [0.15, 0.2) is 121 Å². The molecule has 0 bridgehead atoms. The molecule has 0 unspecified atom stereocenters. The summed E-state index contributed by atoms with van der Waals surface area (Å²) in [4.78, 5) is 0. The summed E-state index contributed by atoms with van der Waals surface area (Å²) in [5.74, 6) is 0. The Labute approximate surface area is 188 Å². The van der Waals surface area contributed by atoms with E-state index in [1.165, 1.54) is 32.7 Å². The standard InChI is InChI=1S/C30H24N2/c1-7-15-25-21(9-1)17-19-27(31-23-11-3-4-12-23)29(25)30-26-16-8-2-10-22(26)18-20-28(30)32-24-13-5-6-14-24/h1-20,23-24,31-32H. The fraction of sp³-hybridized carbons (Fsp3) is 0.0667. The van der Waals surface area contributed by atoms with Crippen molar-refractivity contribution < 1.29 is 0 Å². The van der Waals surface area contributed by atoms with Gasteiger partial charge in [-0.05, 0) is 33.7 Å². The quantitative estimate of drug-likeness (QED) is 0.355. The van der Waals surface area contributed by atoms with Gasteiger partial charge in [-0.25, -0.2) is 0 Å². The first kappa shape index (κ1) is 18.7. The van der Waals surface area contributed by atoms with Gasteiger partial charge in [0.2, 0.25) is 0 Å². The van der Waals surface area contributed by atoms with Crippen LogP contribution in [-0.4, -0.2) is 12.1 Å². The summed E-state index contributed by atoms with van der Waals surface area (Å²) in [5, 5.41) is 12.5. The van der Waals surface area contributed by atoms with E-state index in [4.69, 9.17) is 0 Å². The topological polar surface area (TPSA) is 24.1 Å². The summed E-state index contributed by atoms with van der Waals surface area (Å²) in [6.45, 7) is 0. The molecule has 2 aliphatic carbocycles. The first-order valence-electron chi connectivity index (χ1n) is 11.1. The van der Waals surface area contributed by atoms with Crippen LogP contribution < -0.4 is 10.6 Å². The summed E-state index contributed by atoms with van der Waals surface area (Å²) in [6.07, 6.45) is 17.2. The predicted molar refractivity (Wildman–Crippen MR) is 138 cm³/mol. The third-order valence-electron chi connectivity index (χ3n) is 6.25. The largest absolute Gasteiger partial charge is 0.375 e. The third kappa shape index (κ3) is 3.30. The summed E-state index contributed by atoms with van der Waals surface area (Å²) >= 11 is 0. The number of anilines is 2. The molecule has 2 heteroatoms. The van der Waals surface area contributed by atoms with E-state index in [9.17, 15) is 0 Å². The molecule has 32 heavy (non-hydrogen) atoms. The second-order valence-electron chi connectivity index (χ2n) is 8.30. The Balaban J connectivity index is 1.64. The van der Waals surface area contributed by atoms with Crippen molar-refractivity contribution in [2.75, 3.05) is 10.6 Å². The molecule has 0 saturated heterocycles. The molecule has 6 rings (SSSR count). The van der Waals surface area contributed by atoms with E-state index in [1.54, 1.807) is 0 Å². The molecule has 0 radical (unpaired) electrons. The highest BCUT2D eigenvalue weighted by molar-refractivity contribution is 6.13. The fourth-order valence-electron chi connectivity index (χ4n) is 4.74. The Kier molecular flexibility index (Phi) is 4.62. The Bertz CT molecular complexity index is 1300. The molecule has 0 atom stereocenters. The number of allylic oxidation sites excluding steroid dienone is 4. The molecule has 2 N–H and O–H groups in total. The van der Waals surface area contributed by atoms with E-state index in [0.717, 1.165) is 11.4 Å². The molecule has 0 saturated carbocycles. The van der Waals surface area contributed by atoms with Crippen molar-refractivity contribution in [2.24, 2.45) is 0 Å². The molecule has 2 nitrogen and oxygen atoms in total. The molecule has 0 aromatic heterocycles. The number of nitrogens with one attached hydrogen (secondary N) is 2. The molecule has 154 valence electrons. The normalized spacial score (nSPS) is 15.4. The minimum absolute atomic E-state index is 0.196. The van der Waals surface area contributed by atoms with E-state index in [1.807, 2.05) is 0 Å². The van der Waals surface area contributed by atoms with Gasteiger partial charge in [0.1, 0.15) is 0 Å². The van der Waals surface area contributed by atoms with E-state index >= 15 is 0 Å². The first-order valence-corrected chi connectivity index (χ1v) is 11.1. The number of rotatable bonds is 5. The molecule has 2 aliphatic rings. The molecular weight excluding hydrogens is 388 g/mol. The highest BCUT2D eigenvalue weighted by atomic mass is 14.9. The van der Waals surface area contributed by atoms with Crippen molar-refractivity contribution in [1.29, 1.82) is 0 Å². The second-order valence-corrected chi connectivity index (χ2v) is 8.30. The van der Waals surface area contributed by atoms with Crippen LogP contribution in [0.25, 0.3) is 32.7 Å². The zero-order chi connectivity index (χ0) is 21.3. The van der Waals surface area contributed by atoms with Crippen LogP contribution in [0.1, 0.15) is 0 Å². The summed E-state index contributed by atoms with van der Waals surface area (Å²) in [5.41, 5.74) is 4.76. The van der Waals surface area contributed by atoms with Gasteiger partial charge in [-0.1, -0.05) is 109 Å². The second kappa shape index (κ2) is 7.90. The Morgan fingerprint density at radius 1 is 0.438 bits per heavy atom. The fourth-order valence-corrected chi connectivity index (χ4v) is 4.74. The molecule has 0 aliphatic heterocycles. The van der Waals surface area contributed by atoms with Crippen LogP contribution in [0, 0.1) is 0 Å². The third-order valence-corrected chi connectivity index (χ3v) is 6.25. The monoisotopic (exact) mass is 412 g/mol. The maximum absolute atomic E-state index is 3.76. The minimum Gasteiger partial charge on any atom is -0.375 e. The molecule has 4 aromatic carbocycles. The van der Waals surface area contributed by atoms with Crippen LogP contribution in [0.5, 0.6) is 0 Å². The van der Waals surface area contributed by atoms with Gasteiger partial charge >= 0.3 is 0 Å². The zero-order valence-electron chi connectivity index (χ0n) is 17.7. The van der Waals surface area contributed by atoms with E-state index in [0.29, 0.717) is 0 Å². The Morgan fingerprint density at radius 2 is 0.844 bits per heavy atom. The summed E-state index contributed by atoms with van der Waals surface area (Å²) in [6, 6.07) is 26.6. The number of benzene rings is 4. The summed E-state index contributed by atoms with van der Waals surface area (Å²) in [7, 11) is 0. The SMILES string of the molecule is C1=CC(Nc2ccc3ccccc3c2-c2c(NC3C=CC=C3)ccc3ccccc23)C=C1. The smallest absolute Gasteiger partial charge is 0.0634 e. The van der Waals surface area contributed by atoms with Crippen LogP contribution in [0.2, 0.25) is 0 Å². The highest BCUT2D eigenvalue weighted by Gasteiger charge is 2.19. The van der Waals surface area contributed by atoms with Gasteiger partial charge in [0.05, 0.1) is 12.1 Å². The van der Waals surface area contributed by atoms with Gasteiger partial charge in [0.25, 0.3) is 0 Å². The number of fused-ring (bicyclic) bond motifs is 2. The van der Waals surface area contributed by atoms with Gasteiger partial charge in [-0.3, -0.25) is 0 Å².